The van der Waals surface area contributed by atoms with Crippen LogP contribution in [0.3, 0.4) is 0 Å². The lowest BCUT2D eigenvalue weighted by Gasteiger charge is -2.18. The van der Waals surface area contributed by atoms with Gasteiger partial charge in [-0.25, -0.2) is 0 Å². The number of fused-ring (bicyclic) bond motifs is 2. The Hall–Kier alpha value is -1.89. The highest BCUT2D eigenvalue weighted by atomic mass is 16.1. The molecule has 0 amide bonds. The van der Waals surface area contributed by atoms with Gasteiger partial charge in [0.2, 0.25) is 0 Å². The van der Waals surface area contributed by atoms with Crippen molar-refractivity contribution in [2.75, 3.05) is 0 Å². The SMILES string of the molecule is O=C(c1ccc2c(c1)CCCC2)c1ccc2c(c1)CCCC2. The van der Waals surface area contributed by atoms with Crippen LogP contribution in [0.25, 0.3) is 0 Å². The molecule has 22 heavy (non-hydrogen) atoms. The maximum absolute atomic E-state index is 12.8. The summed E-state index contributed by atoms with van der Waals surface area (Å²) in [6, 6.07) is 12.6. The molecule has 4 rings (SSSR count). The van der Waals surface area contributed by atoms with Crippen molar-refractivity contribution in [1.82, 2.24) is 0 Å². The summed E-state index contributed by atoms with van der Waals surface area (Å²) in [4.78, 5) is 12.8. The van der Waals surface area contributed by atoms with Gasteiger partial charge in [-0.05, 0) is 85.8 Å². The Bertz CT molecular complexity index is 665. The van der Waals surface area contributed by atoms with E-state index < -0.39 is 0 Å². The van der Waals surface area contributed by atoms with Crippen LogP contribution in [0.15, 0.2) is 36.4 Å². The maximum atomic E-state index is 12.8. The largest absolute Gasteiger partial charge is 0.289 e. The second kappa shape index (κ2) is 5.72. The molecule has 0 heterocycles. The average molecular weight is 290 g/mol. The molecular formula is C21H22O. The summed E-state index contributed by atoms with van der Waals surface area (Å²) in [6.45, 7) is 0. The van der Waals surface area contributed by atoms with Gasteiger partial charge in [0.15, 0.2) is 5.78 Å². The molecule has 0 radical (unpaired) electrons. The molecule has 1 nitrogen and oxygen atoms in total. The molecule has 0 fully saturated rings. The Labute approximate surface area is 132 Å². The molecule has 0 atom stereocenters. The fourth-order valence-corrected chi connectivity index (χ4v) is 3.92. The van der Waals surface area contributed by atoms with Crippen molar-refractivity contribution in [3.05, 3.63) is 69.8 Å². The number of ketones is 1. The number of carbonyl (C=O) groups is 1. The van der Waals surface area contributed by atoms with Gasteiger partial charge >= 0.3 is 0 Å². The van der Waals surface area contributed by atoms with E-state index in [0.717, 1.165) is 24.0 Å². The van der Waals surface area contributed by atoms with Crippen molar-refractivity contribution in [3.8, 4) is 0 Å². The number of carbonyl (C=O) groups excluding carboxylic acids is 1. The normalized spacial score (nSPS) is 16.7. The third kappa shape index (κ3) is 2.49. The molecule has 0 unspecified atom stereocenters. The van der Waals surface area contributed by atoms with Crippen molar-refractivity contribution in [1.29, 1.82) is 0 Å². The number of hydrogen-bond donors (Lipinski definition) is 0. The monoisotopic (exact) mass is 290 g/mol. The van der Waals surface area contributed by atoms with Gasteiger partial charge in [-0.3, -0.25) is 4.79 Å². The van der Waals surface area contributed by atoms with Crippen LogP contribution in [0, 0.1) is 0 Å². The van der Waals surface area contributed by atoms with Crippen LogP contribution in [0.5, 0.6) is 0 Å². The highest BCUT2D eigenvalue weighted by Crippen LogP contribution is 2.26. The van der Waals surface area contributed by atoms with Gasteiger partial charge in [0.05, 0.1) is 0 Å². The van der Waals surface area contributed by atoms with Crippen LogP contribution < -0.4 is 0 Å². The fraction of sp³-hybridized carbons (Fsp3) is 0.381. The molecule has 0 bridgehead atoms. The fourth-order valence-electron chi connectivity index (χ4n) is 3.92. The Kier molecular flexibility index (Phi) is 3.57. The van der Waals surface area contributed by atoms with E-state index in [1.165, 1.54) is 60.8 Å². The molecule has 2 aromatic carbocycles. The molecule has 1 heteroatoms. The van der Waals surface area contributed by atoms with E-state index in [4.69, 9.17) is 0 Å². The molecular weight excluding hydrogens is 268 g/mol. The van der Waals surface area contributed by atoms with Gasteiger partial charge in [-0.15, -0.1) is 0 Å². The van der Waals surface area contributed by atoms with E-state index in [2.05, 4.69) is 24.3 Å². The highest BCUT2D eigenvalue weighted by molar-refractivity contribution is 6.09. The number of rotatable bonds is 2. The van der Waals surface area contributed by atoms with E-state index in [-0.39, 0.29) is 5.78 Å². The third-order valence-corrected chi connectivity index (χ3v) is 5.22. The summed E-state index contributed by atoms with van der Waals surface area (Å²) in [6.07, 6.45) is 9.66. The minimum atomic E-state index is 0.182. The lowest BCUT2D eigenvalue weighted by Crippen LogP contribution is -2.09. The average Bonchev–Trinajstić information content (AvgIpc) is 2.60. The lowest BCUT2D eigenvalue weighted by atomic mass is 9.87. The lowest BCUT2D eigenvalue weighted by molar-refractivity contribution is 0.103. The Balaban J connectivity index is 1.66. The predicted molar refractivity (Wildman–Crippen MR) is 89.6 cm³/mol. The smallest absolute Gasteiger partial charge is 0.193 e. The first kappa shape index (κ1) is 13.8. The highest BCUT2D eigenvalue weighted by Gasteiger charge is 2.16. The van der Waals surface area contributed by atoms with Crippen molar-refractivity contribution in [2.45, 2.75) is 51.4 Å². The first-order valence-electron chi connectivity index (χ1n) is 8.59. The summed E-state index contributed by atoms with van der Waals surface area (Å²) in [5.74, 6) is 0.182. The van der Waals surface area contributed by atoms with Crippen molar-refractivity contribution < 1.29 is 4.79 Å². The molecule has 0 spiro atoms. The van der Waals surface area contributed by atoms with Gasteiger partial charge in [-0.2, -0.15) is 0 Å². The maximum Gasteiger partial charge on any atom is 0.193 e. The van der Waals surface area contributed by atoms with Crippen LogP contribution >= 0.6 is 0 Å². The van der Waals surface area contributed by atoms with Gasteiger partial charge in [-0.1, -0.05) is 24.3 Å². The second-order valence-corrected chi connectivity index (χ2v) is 6.71. The Morgan fingerprint density at radius 3 is 1.45 bits per heavy atom. The Morgan fingerprint density at radius 1 is 0.591 bits per heavy atom. The first-order chi connectivity index (χ1) is 10.8. The zero-order chi connectivity index (χ0) is 14.9. The van der Waals surface area contributed by atoms with E-state index >= 15 is 0 Å². The van der Waals surface area contributed by atoms with Crippen molar-refractivity contribution in [3.63, 3.8) is 0 Å². The van der Waals surface area contributed by atoms with Gasteiger partial charge in [0.1, 0.15) is 0 Å². The number of aryl methyl sites for hydroxylation is 4. The van der Waals surface area contributed by atoms with Gasteiger partial charge in [0, 0.05) is 11.1 Å². The van der Waals surface area contributed by atoms with Crippen LogP contribution in [0.1, 0.15) is 63.9 Å². The molecule has 0 saturated heterocycles. The number of benzene rings is 2. The minimum Gasteiger partial charge on any atom is -0.289 e. The molecule has 0 aromatic heterocycles. The second-order valence-electron chi connectivity index (χ2n) is 6.71. The molecule has 112 valence electrons. The van der Waals surface area contributed by atoms with Gasteiger partial charge < -0.3 is 0 Å². The summed E-state index contributed by atoms with van der Waals surface area (Å²) in [7, 11) is 0. The molecule has 0 saturated carbocycles. The Morgan fingerprint density at radius 2 is 1.00 bits per heavy atom. The van der Waals surface area contributed by atoms with E-state index in [1.807, 2.05) is 12.1 Å². The standard InChI is InChI=1S/C21H22O/c22-21(19-11-9-15-5-1-3-7-17(15)13-19)20-12-10-16-6-2-4-8-18(16)14-20/h9-14H,1-8H2. The van der Waals surface area contributed by atoms with Crippen molar-refractivity contribution >= 4 is 5.78 Å². The predicted octanol–water partition coefficient (Wildman–Crippen LogP) is 4.68. The van der Waals surface area contributed by atoms with Gasteiger partial charge in [0.25, 0.3) is 0 Å². The van der Waals surface area contributed by atoms with Crippen LogP contribution in [-0.2, 0) is 25.7 Å². The van der Waals surface area contributed by atoms with Crippen molar-refractivity contribution in [2.24, 2.45) is 0 Å². The topological polar surface area (TPSA) is 17.1 Å². The summed E-state index contributed by atoms with van der Waals surface area (Å²) >= 11 is 0. The molecule has 2 aliphatic carbocycles. The van der Waals surface area contributed by atoms with Crippen LogP contribution in [-0.4, -0.2) is 5.78 Å². The summed E-state index contributed by atoms with van der Waals surface area (Å²) in [5.41, 5.74) is 7.36. The molecule has 2 aromatic rings. The number of hydrogen-bond acceptors (Lipinski definition) is 1. The van der Waals surface area contributed by atoms with Crippen LogP contribution in [0.2, 0.25) is 0 Å². The quantitative estimate of drug-likeness (QED) is 0.734. The third-order valence-electron chi connectivity index (χ3n) is 5.22. The molecule has 0 aliphatic heterocycles. The van der Waals surface area contributed by atoms with E-state index in [9.17, 15) is 4.79 Å². The minimum absolute atomic E-state index is 0.182. The first-order valence-corrected chi connectivity index (χ1v) is 8.59. The van der Waals surface area contributed by atoms with E-state index in [1.54, 1.807) is 0 Å². The summed E-state index contributed by atoms with van der Waals surface area (Å²) < 4.78 is 0. The van der Waals surface area contributed by atoms with Crippen LogP contribution in [0.4, 0.5) is 0 Å². The van der Waals surface area contributed by atoms with E-state index in [0.29, 0.717) is 0 Å². The summed E-state index contributed by atoms with van der Waals surface area (Å²) in [5, 5.41) is 0. The zero-order valence-corrected chi connectivity index (χ0v) is 13.0. The zero-order valence-electron chi connectivity index (χ0n) is 13.0. The molecule has 2 aliphatic rings. The molecule has 0 N–H and O–H groups in total.